The molecule has 0 saturated carbocycles. The average Bonchev–Trinajstić information content (AvgIpc) is 2.97. The van der Waals surface area contributed by atoms with Crippen molar-refractivity contribution in [2.24, 2.45) is 0 Å². The minimum Gasteiger partial charge on any atom is -0.453 e. The van der Waals surface area contributed by atoms with Crippen LogP contribution in [0.4, 0.5) is 11.4 Å². The summed E-state index contributed by atoms with van der Waals surface area (Å²) in [6.45, 7) is 3.99. The first-order valence-corrected chi connectivity index (χ1v) is 11.9. The molecule has 31 heavy (non-hydrogen) atoms. The Morgan fingerprint density at radius 1 is 0.774 bits per heavy atom. The quantitative estimate of drug-likeness (QED) is 0.624. The van der Waals surface area contributed by atoms with Crippen molar-refractivity contribution in [3.05, 3.63) is 78.4 Å². The summed E-state index contributed by atoms with van der Waals surface area (Å²) in [5.41, 5.74) is 2.42. The zero-order chi connectivity index (χ0) is 21.4. The van der Waals surface area contributed by atoms with E-state index in [0.717, 1.165) is 43.2 Å². The molecule has 1 saturated heterocycles. The van der Waals surface area contributed by atoms with Gasteiger partial charge >= 0.3 is 0 Å². The molecule has 6 nitrogen and oxygen atoms in total. The summed E-state index contributed by atoms with van der Waals surface area (Å²) in [6.07, 6.45) is 0. The van der Waals surface area contributed by atoms with E-state index in [4.69, 9.17) is 4.74 Å². The molecule has 3 aromatic rings. The van der Waals surface area contributed by atoms with Gasteiger partial charge in [-0.1, -0.05) is 42.5 Å². The first kappa shape index (κ1) is 19.9. The molecule has 0 aromatic heterocycles. The zero-order valence-electron chi connectivity index (χ0n) is 17.4. The SMILES string of the molecule is CN1CCN(c2cccc3c2Oc2ccccc2N(S(=O)(=O)c2ccccc2)C3)CC1. The summed E-state index contributed by atoms with van der Waals surface area (Å²) >= 11 is 0. The van der Waals surface area contributed by atoms with Crippen molar-refractivity contribution in [1.82, 2.24) is 4.90 Å². The largest absolute Gasteiger partial charge is 0.453 e. The summed E-state index contributed by atoms with van der Waals surface area (Å²) in [5.74, 6) is 1.28. The van der Waals surface area contributed by atoms with Crippen molar-refractivity contribution < 1.29 is 13.2 Å². The van der Waals surface area contributed by atoms with Gasteiger partial charge in [0.1, 0.15) is 0 Å². The Balaban J connectivity index is 1.62. The van der Waals surface area contributed by atoms with Crippen LogP contribution in [-0.2, 0) is 16.6 Å². The maximum Gasteiger partial charge on any atom is 0.264 e. The van der Waals surface area contributed by atoms with E-state index in [1.807, 2.05) is 36.4 Å². The Kier molecular flexibility index (Phi) is 5.08. The van der Waals surface area contributed by atoms with Gasteiger partial charge < -0.3 is 14.5 Å². The van der Waals surface area contributed by atoms with Crippen LogP contribution in [0.3, 0.4) is 0 Å². The van der Waals surface area contributed by atoms with Gasteiger partial charge in [0.05, 0.1) is 22.8 Å². The molecule has 0 spiro atoms. The summed E-state index contributed by atoms with van der Waals surface area (Å²) in [4.78, 5) is 4.90. The smallest absolute Gasteiger partial charge is 0.264 e. The molecule has 0 aliphatic carbocycles. The highest BCUT2D eigenvalue weighted by atomic mass is 32.2. The van der Waals surface area contributed by atoms with Crippen LogP contribution in [0.1, 0.15) is 5.56 Å². The number of piperazine rings is 1. The number of hydrogen-bond acceptors (Lipinski definition) is 5. The second-order valence-electron chi connectivity index (χ2n) is 7.95. The van der Waals surface area contributed by atoms with Crippen LogP contribution in [-0.4, -0.2) is 46.5 Å². The summed E-state index contributed by atoms with van der Waals surface area (Å²) in [7, 11) is -1.63. The number of likely N-dealkylation sites (N-methyl/N-ethyl adjacent to an activating group) is 1. The van der Waals surface area contributed by atoms with Crippen molar-refractivity contribution in [3.8, 4) is 11.5 Å². The zero-order valence-corrected chi connectivity index (χ0v) is 18.3. The fourth-order valence-corrected chi connectivity index (χ4v) is 5.62. The Bertz CT molecular complexity index is 1190. The molecule has 0 radical (unpaired) electrons. The molecule has 0 atom stereocenters. The lowest BCUT2D eigenvalue weighted by Crippen LogP contribution is -2.44. The van der Waals surface area contributed by atoms with Crippen LogP contribution >= 0.6 is 0 Å². The van der Waals surface area contributed by atoms with E-state index in [1.54, 1.807) is 30.3 Å². The number of hydrogen-bond donors (Lipinski definition) is 0. The highest BCUT2D eigenvalue weighted by Crippen LogP contribution is 2.45. The minimum atomic E-state index is -3.75. The third-order valence-corrected chi connectivity index (χ3v) is 7.68. The topological polar surface area (TPSA) is 53.1 Å². The molecular weight excluding hydrogens is 410 g/mol. The Morgan fingerprint density at radius 3 is 2.23 bits per heavy atom. The molecule has 2 heterocycles. The number of ether oxygens (including phenoxy) is 1. The second-order valence-corrected chi connectivity index (χ2v) is 9.81. The lowest BCUT2D eigenvalue weighted by molar-refractivity contribution is 0.311. The van der Waals surface area contributed by atoms with Crippen molar-refractivity contribution in [3.63, 3.8) is 0 Å². The second kappa shape index (κ2) is 7.90. The van der Waals surface area contributed by atoms with E-state index in [1.165, 1.54) is 4.31 Å². The highest BCUT2D eigenvalue weighted by Gasteiger charge is 2.32. The van der Waals surface area contributed by atoms with E-state index in [2.05, 4.69) is 22.9 Å². The predicted octanol–water partition coefficient (Wildman–Crippen LogP) is 3.94. The number of sulfonamides is 1. The van der Waals surface area contributed by atoms with Crippen LogP contribution in [0.15, 0.2) is 77.7 Å². The highest BCUT2D eigenvalue weighted by molar-refractivity contribution is 7.92. The third-order valence-electron chi connectivity index (χ3n) is 5.91. The average molecular weight is 436 g/mol. The first-order valence-electron chi connectivity index (χ1n) is 10.4. The van der Waals surface area contributed by atoms with Crippen molar-refractivity contribution in [2.75, 3.05) is 42.4 Å². The van der Waals surface area contributed by atoms with Crippen LogP contribution in [0.2, 0.25) is 0 Å². The molecule has 0 unspecified atom stereocenters. The van der Waals surface area contributed by atoms with Gasteiger partial charge in [0.15, 0.2) is 11.5 Å². The summed E-state index contributed by atoms with van der Waals surface area (Å²) < 4.78 is 35.0. The number of rotatable bonds is 3. The Morgan fingerprint density at radius 2 is 1.45 bits per heavy atom. The molecule has 3 aromatic carbocycles. The third kappa shape index (κ3) is 3.64. The van der Waals surface area contributed by atoms with Gasteiger partial charge in [-0.05, 0) is 37.4 Å². The van der Waals surface area contributed by atoms with Crippen molar-refractivity contribution in [1.29, 1.82) is 0 Å². The molecule has 160 valence electrons. The molecule has 0 N–H and O–H groups in total. The predicted molar refractivity (Wildman–Crippen MR) is 122 cm³/mol. The van der Waals surface area contributed by atoms with Crippen molar-refractivity contribution in [2.45, 2.75) is 11.4 Å². The van der Waals surface area contributed by atoms with Crippen LogP contribution in [0.5, 0.6) is 11.5 Å². The fraction of sp³-hybridized carbons (Fsp3) is 0.250. The molecule has 0 amide bonds. The molecule has 2 aliphatic rings. The van der Waals surface area contributed by atoms with Gasteiger partial charge in [-0.25, -0.2) is 8.42 Å². The lowest BCUT2D eigenvalue weighted by Gasteiger charge is -2.35. The molecule has 7 heteroatoms. The number of anilines is 2. The fourth-order valence-electron chi connectivity index (χ4n) is 4.14. The van der Waals surface area contributed by atoms with E-state index in [0.29, 0.717) is 11.4 Å². The summed E-state index contributed by atoms with van der Waals surface area (Å²) in [5, 5.41) is 0. The van der Waals surface area contributed by atoms with E-state index in [9.17, 15) is 8.42 Å². The van der Waals surface area contributed by atoms with Crippen molar-refractivity contribution >= 4 is 21.4 Å². The number of fused-ring (bicyclic) bond motifs is 2. The van der Waals surface area contributed by atoms with E-state index >= 15 is 0 Å². The standard InChI is InChI=1S/C24H25N3O3S/c1-25-14-16-26(17-15-25)22-12-7-8-19-18-27(31(28,29)20-9-3-2-4-10-20)21-11-5-6-13-23(21)30-24(19)22/h2-13H,14-18H2,1H3. The van der Waals surface area contributed by atoms with Gasteiger partial charge in [0.25, 0.3) is 10.0 Å². The van der Waals surface area contributed by atoms with E-state index in [-0.39, 0.29) is 11.4 Å². The van der Waals surface area contributed by atoms with Gasteiger partial charge in [0, 0.05) is 31.7 Å². The monoisotopic (exact) mass is 435 g/mol. The van der Waals surface area contributed by atoms with Crippen LogP contribution in [0, 0.1) is 0 Å². The maximum atomic E-state index is 13.6. The normalized spacial score (nSPS) is 16.8. The number of benzene rings is 3. The molecule has 0 bridgehead atoms. The van der Waals surface area contributed by atoms with Gasteiger partial charge in [0.2, 0.25) is 0 Å². The molecular formula is C24H25N3O3S. The summed E-state index contributed by atoms with van der Waals surface area (Å²) in [6, 6.07) is 21.9. The minimum absolute atomic E-state index is 0.213. The van der Waals surface area contributed by atoms with Gasteiger partial charge in [-0.2, -0.15) is 0 Å². The molecule has 5 rings (SSSR count). The van der Waals surface area contributed by atoms with Gasteiger partial charge in [-0.3, -0.25) is 4.31 Å². The molecule has 1 fully saturated rings. The molecule has 2 aliphatic heterocycles. The maximum absolute atomic E-state index is 13.6. The lowest BCUT2D eigenvalue weighted by atomic mass is 10.1. The van der Waals surface area contributed by atoms with E-state index < -0.39 is 10.0 Å². The first-order chi connectivity index (χ1) is 15.0. The Hall–Kier alpha value is -3.03. The Labute approximate surface area is 183 Å². The number of para-hydroxylation sites is 3. The van der Waals surface area contributed by atoms with Crippen LogP contribution in [0.25, 0.3) is 0 Å². The number of nitrogens with zero attached hydrogens (tertiary/aromatic N) is 3. The van der Waals surface area contributed by atoms with Gasteiger partial charge in [-0.15, -0.1) is 0 Å². The van der Waals surface area contributed by atoms with Crippen LogP contribution < -0.4 is 13.9 Å².